The number of halogens is 1. The van der Waals surface area contributed by atoms with Gasteiger partial charge in [0, 0.05) is 19.1 Å². The molecule has 24 heavy (non-hydrogen) atoms. The van der Waals surface area contributed by atoms with Gasteiger partial charge < -0.3 is 15.4 Å². The van der Waals surface area contributed by atoms with Crippen molar-refractivity contribution in [3.05, 3.63) is 29.8 Å². The maximum Gasteiger partial charge on any atom is 0.226 e. The third-order valence-corrected chi connectivity index (χ3v) is 4.80. The topological polar surface area (TPSA) is 55.6 Å². The maximum atomic E-state index is 12.3. The van der Waals surface area contributed by atoms with Gasteiger partial charge in [0.05, 0.1) is 13.0 Å². The second-order valence-corrected chi connectivity index (χ2v) is 7.52. The highest BCUT2D eigenvalue weighted by Gasteiger charge is 2.35. The maximum absolute atomic E-state index is 12.3. The third-order valence-electron chi connectivity index (χ3n) is 4.80. The fourth-order valence-electron chi connectivity index (χ4n) is 2.95. The van der Waals surface area contributed by atoms with Crippen molar-refractivity contribution in [2.75, 3.05) is 19.7 Å². The Labute approximate surface area is 152 Å². The zero-order chi connectivity index (χ0) is 17.0. The number of amides is 1. The number of piperidine rings is 1. The minimum atomic E-state index is -0.0125. The predicted octanol–water partition coefficient (Wildman–Crippen LogP) is 3.59. The van der Waals surface area contributed by atoms with Gasteiger partial charge in [-0.15, -0.1) is 12.4 Å². The Morgan fingerprint density at radius 2 is 1.96 bits per heavy atom. The van der Waals surface area contributed by atoms with Gasteiger partial charge in [-0.3, -0.25) is 4.79 Å². The third kappa shape index (κ3) is 5.38. The molecule has 1 fully saturated rings. The molecule has 1 heterocycles. The van der Waals surface area contributed by atoms with E-state index in [1.807, 2.05) is 17.0 Å². The number of ether oxygens (including phenoxy) is 1. The Morgan fingerprint density at radius 1 is 1.33 bits per heavy atom. The number of nitrogens with zero attached hydrogens (tertiary/aromatic N) is 1. The van der Waals surface area contributed by atoms with Crippen molar-refractivity contribution in [1.82, 2.24) is 4.90 Å². The van der Waals surface area contributed by atoms with Crippen LogP contribution >= 0.6 is 12.4 Å². The van der Waals surface area contributed by atoms with Crippen molar-refractivity contribution >= 4 is 18.3 Å². The van der Waals surface area contributed by atoms with Gasteiger partial charge in [0.25, 0.3) is 0 Å². The molecule has 0 radical (unpaired) electrons. The van der Waals surface area contributed by atoms with E-state index in [2.05, 4.69) is 39.8 Å². The van der Waals surface area contributed by atoms with Gasteiger partial charge in [-0.05, 0) is 35.4 Å². The molecule has 1 saturated heterocycles. The molecule has 2 rings (SSSR count). The molecule has 5 heteroatoms. The summed E-state index contributed by atoms with van der Waals surface area (Å²) in [4.78, 5) is 14.3. The highest BCUT2D eigenvalue weighted by Crippen LogP contribution is 2.28. The molecule has 0 aliphatic carbocycles. The Morgan fingerprint density at radius 3 is 2.50 bits per heavy atom. The molecule has 4 nitrogen and oxygen atoms in total. The van der Waals surface area contributed by atoms with Crippen LogP contribution in [0.2, 0.25) is 0 Å². The van der Waals surface area contributed by atoms with Gasteiger partial charge in [-0.1, -0.05) is 39.8 Å². The van der Waals surface area contributed by atoms with Crippen LogP contribution < -0.4 is 10.5 Å². The SMILES string of the molecule is CC(C)c1ccc(OCCC(=O)N2CCC(N)C(C)(C)C2)cc1.Cl. The average molecular weight is 355 g/mol. The lowest BCUT2D eigenvalue weighted by molar-refractivity contribution is -0.135. The van der Waals surface area contributed by atoms with E-state index in [1.54, 1.807) is 0 Å². The number of nitrogens with two attached hydrogens (primary N) is 1. The van der Waals surface area contributed by atoms with Gasteiger partial charge in [0.1, 0.15) is 5.75 Å². The number of carbonyl (C=O) groups excluding carboxylic acids is 1. The Hall–Kier alpha value is -1.26. The fraction of sp³-hybridized carbons (Fsp3) is 0.632. The van der Waals surface area contributed by atoms with Crippen LogP contribution in [0, 0.1) is 5.41 Å². The lowest BCUT2D eigenvalue weighted by Crippen LogP contribution is -2.54. The van der Waals surface area contributed by atoms with Gasteiger partial charge in [0.15, 0.2) is 0 Å². The zero-order valence-corrected chi connectivity index (χ0v) is 16.1. The van der Waals surface area contributed by atoms with Crippen molar-refractivity contribution in [1.29, 1.82) is 0 Å². The van der Waals surface area contributed by atoms with Crippen LogP contribution in [0.25, 0.3) is 0 Å². The van der Waals surface area contributed by atoms with Crippen molar-refractivity contribution in [2.24, 2.45) is 11.1 Å². The fourth-order valence-corrected chi connectivity index (χ4v) is 2.95. The monoisotopic (exact) mass is 354 g/mol. The minimum Gasteiger partial charge on any atom is -0.493 e. The molecule has 2 N–H and O–H groups in total. The second-order valence-electron chi connectivity index (χ2n) is 7.52. The summed E-state index contributed by atoms with van der Waals surface area (Å²) in [6, 6.07) is 8.28. The molecular weight excluding hydrogens is 324 g/mol. The molecule has 1 unspecified atom stereocenters. The summed E-state index contributed by atoms with van der Waals surface area (Å²) in [6.07, 6.45) is 1.29. The number of likely N-dealkylation sites (tertiary alicyclic amines) is 1. The quantitative estimate of drug-likeness (QED) is 0.879. The first-order valence-electron chi connectivity index (χ1n) is 8.56. The molecule has 1 atom stereocenters. The van der Waals surface area contributed by atoms with Crippen molar-refractivity contribution in [2.45, 2.75) is 52.5 Å². The van der Waals surface area contributed by atoms with Crippen molar-refractivity contribution in [3.8, 4) is 5.75 Å². The molecule has 0 bridgehead atoms. The van der Waals surface area contributed by atoms with Crippen LogP contribution in [-0.4, -0.2) is 36.5 Å². The summed E-state index contributed by atoms with van der Waals surface area (Å²) >= 11 is 0. The molecule has 1 aromatic carbocycles. The largest absolute Gasteiger partial charge is 0.493 e. The summed E-state index contributed by atoms with van der Waals surface area (Å²) in [5.41, 5.74) is 7.40. The predicted molar refractivity (Wildman–Crippen MR) is 101 cm³/mol. The molecule has 136 valence electrons. The second kappa shape index (κ2) is 8.72. The molecule has 1 aliphatic rings. The summed E-state index contributed by atoms with van der Waals surface area (Å²) in [5, 5.41) is 0. The van der Waals surface area contributed by atoms with Crippen LogP contribution in [0.1, 0.15) is 52.0 Å². The van der Waals surface area contributed by atoms with Crippen molar-refractivity contribution < 1.29 is 9.53 Å². The zero-order valence-electron chi connectivity index (χ0n) is 15.2. The Bertz CT molecular complexity index is 529. The number of hydrogen-bond donors (Lipinski definition) is 1. The number of benzene rings is 1. The molecule has 0 aromatic heterocycles. The normalized spacial score (nSPS) is 19.8. The van der Waals surface area contributed by atoms with E-state index >= 15 is 0 Å². The van der Waals surface area contributed by atoms with E-state index in [1.165, 1.54) is 5.56 Å². The first kappa shape index (κ1) is 20.8. The number of carbonyl (C=O) groups is 1. The van der Waals surface area contributed by atoms with E-state index in [9.17, 15) is 4.79 Å². The summed E-state index contributed by atoms with van der Waals surface area (Å²) in [5.74, 6) is 1.49. The summed E-state index contributed by atoms with van der Waals surface area (Å²) in [6.45, 7) is 10.5. The molecule has 0 spiro atoms. The van der Waals surface area contributed by atoms with Crippen LogP contribution in [0.4, 0.5) is 0 Å². The number of hydrogen-bond acceptors (Lipinski definition) is 3. The van der Waals surface area contributed by atoms with Crippen LogP contribution in [0.3, 0.4) is 0 Å². The molecule has 0 saturated carbocycles. The molecule has 1 amide bonds. The standard InChI is InChI=1S/C19H30N2O2.ClH/c1-14(2)15-5-7-16(8-6-15)23-12-10-18(22)21-11-9-17(20)19(3,4)13-21;/h5-8,14,17H,9-13,20H2,1-4H3;1H. The summed E-state index contributed by atoms with van der Waals surface area (Å²) < 4.78 is 5.70. The van der Waals surface area contributed by atoms with Gasteiger partial charge in [-0.2, -0.15) is 0 Å². The first-order valence-corrected chi connectivity index (χ1v) is 8.56. The average Bonchev–Trinajstić information content (AvgIpc) is 2.50. The highest BCUT2D eigenvalue weighted by atomic mass is 35.5. The van der Waals surface area contributed by atoms with Crippen LogP contribution in [0.15, 0.2) is 24.3 Å². The van der Waals surface area contributed by atoms with Gasteiger partial charge in [-0.25, -0.2) is 0 Å². The van der Waals surface area contributed by atoms with E-state index in [0.29, 0.717) is 18.9 Å². The van der Waals surface area contributed by atoms with E-state index < -0.39 is 0 Å². The van der Waals surface area contributed by atoms with Crippen molar-refractivity contribution in [3.63, 3.8) is 0 Å². The smallest absolute Gasteiger partial charge is 0.226 e. The number of rotatable bonds is 5. The highest BCUT2D eigenvalue weighted by molar-refractivity contribution is 5.85. The van der Waals surface area contributed by atoms with Gasteiger partial charge in [0.2, 0.25) is 5.91 Å². The van der Waals surface area contributed by atoms with E-state index in [4.69, 9.17) is 10.5 Å². The Balaban J connectivity index is 0.00000288. The van der Waals surface area contributed by atoms with E-state index in [0.717, 1.165) is 25.3 Å². The minimum absolute atomic E-state index is 0. The first-order chi connectivity index (χ1) is 10.8. The molecular formula is C19H31ClN2O2. The van der Waals surface area contributed by atoms with Gasteiger partial charge >= 0.3 is 0 Å². The Kier molecular flexibility index (Phi) is 7.56. The lowest BCUT2D eigenvalue weighted by atomic mass is 9.79. The molecule has 1 aromatic rings. The lowest BCUT2D eigenvalue weighted by Gasteiger charge is -2.42. The summed E-state index contributed by atoms with van der Waals surface area (Å²) in [7, 11) is 0. The van der Waals surface area contributed by atoms with Crippen LogP contribution in [0.5, 0.6) is 5.75 Å². The van der Waals surface area contributed by atoms with Crippen LogP contribution in [-0.2, 0) is 4.79 Å². The molecule has 1 aliphatic heterocycles. The van der Waals surface area contributed by atoms with E-state index in [-0.39, 0.29) is 29.8 Å².